The first-order valence-electron chi connectivity index (χ1n) is 7.55. The van der Waals surface area contributed by atoms with Gasteiger partial charge in [-0.3, -0.25) is 4.79 Å². The smallest absolute Gasteiger partial charge is 0.427 e. The topological polar surface area (TPSA) is 89.0 Å². The van der Waals surface area contributed by atoms with Gasteiger partial charge in [0, 0.05) is 5.69 Å². The van der Waals surface area contributed by atoms with E-state index in [1.165, 1.54) is 7.11 Å². The Morgan fingerprint density at radius 2 is 1.72 bits per heavy atom. The molecule has 0 aliphatic carbocycles. The van der Waals surface area contributed by atoms with Crippen LogP contribution in [-0.2, 0) is 9.53 Å². The SMILES string of the molecule is COC(=O)N/N=C(/C)c1ccc(OCC(=O)Nc2ccccc2)cc1. The molecule has 0 fully saturated rings. The van der Waals surface area contributed by atoms with E-state index in [9.17, 15) is 9.59 Å². The monoisotopic (exact) mass is 341 g/mol. The fourth-order valence-electron chi connectivity index (χ4n) is 1.90. The number of para-hydroxylation sites is 1. The number of benzene rings is 2. The number of nitrogens with zero attached hydrogens (tertiary/aromatic N) is 1. The summed E-state index contributed by atoms with van der Waals surface area (Å²) in [5.41, 5.74) is 4.38. The third kappa shape index (κ3) is 5.98. The highest BCUT2D eigenvalue weighted by Crippen LogP contribution is 2.13. The van der Waals surface area contributed by atoms with Crippen molar-refractivity contribution in [3.05, 3.63) is 60.2 Å². The molecule has 2 amide bonds. The molecule has 0 unspecified atom stereocenters. The molecule has 0 saturated carbocycles. The van der Waals surface area contributed by atoms with Crippen molar-refractivity contribution in [1.29, 1.82) is 0 Å². The zero-order chi connectivity index (χ0) is 18.1. The summed E-state index contributed by atoms with van der Waals surface area (Å²) in [6.07, 6.45) is -0.635. The van der Waals surface area contributed by atoms with Crippen molar-refractivity contribution < 1.29 is 19.1 Å². The lowest BCUT2D eigenvalue weighted by Crippen LogP contribution is -2.20. The lowest BCUT2D eigenvalue weighted by atomic mass is 10.1. The van der Waals surface area contributed by atoms with Crippen molar-refractivity contribution in [2.45, 2.75) is 6.92 Å². The van der Waals surface area contributed by atoms with Crippen LogP contribution in [0.1, 0.15) is 12.5 Å². The van der Waals surface area contributed by atoms with E-state index in [4.69, 9.17) is 4.74 Å². The summed E-state index contributed by atoms with van der Waals surface area (Å²) >= 11 is 0. The maximum absolute atomic E-state index is 11.8. The molecule has 0 aromatic heterocycles. The van der Waals surface area contributed by atoms with E-state index in [0.717, 1.165) is 11.3 Å². The van der Waals surface area contributed by atoms with Gasteiger partial charge in [-0.05, 0) is 48.9 Å². The average Bonchev–Trinajstić information content (AvgIpc) is 2.65. The molecule has 130 valence electrons. The Morgan fingerprint density at radius 3 is 2.36 bits per heavy atom. The molecule has 0 aliphatic heterocycles. The van der Waals surface area contributed by atoms with Crippen molar-refractivity contribution in [3.8, 4) is 5.75 Å². The zero-order valence-electron chi connectivity index (χ0n) is 14.0. The normalized spacial score (nSPS) is 10.7. The van der Waals surface area contributed by atoms with Gasteiger partial charge in [0.05, 0.1) is 12.8 Å². The first kappa shape index (κ1) is 18.0. The number of carbonyl (C=O) groups excluding carboxylic acids is 2. The maximum atomic E-state index is 11.8. The molecule has 25 heavy (non-hydrogen) atoms. The Kier molecular flexibility index (Phi) is 6.53. The minimum Gasteiger partial charge on any atom is -0.484 e. The van der Waals surface area contributed by atoms with Crippen LogP contribution in [0.5, 0.6) is 5.75 Å². The maximum Gasteiger partial charge on any atom is 0.427 e. The van der Waals surface area contributed by atoms with Crippen LogP contribution >= 0.6 is 0 Å². The fraction of sp³-hybridized carbons (Fsp3) is 0.167. The molecular formula is C18H19N3O4. The lowest BCUT2D eigenvalue weighted by molar-refractivity contribution is -0.118. The fourth-order valence-corrected chi connectivity index (χ4v) is 1.90. The molecular weight excluding hydrogens is 322 g/mol. The van der Waals surface area contributed by atoms with Gasteiger partial charge < -0.3 is 14.8 Å². The van der Waals surface area contributed by atoms with Gasteiger partial charge >= 0.3 is 6.09 Å². The van der Waals surface area contributed by atoms with Crippen LogP contribution in [0.2, 0.25) is 0 Å². The summed E-state index contributed by atoms with van der Waals surface area (Å²) in [6, 6.07) is 16.2. The zero-order valence-corrected chi connectivity index (χ0v) is 14.0. The average molecular weight is 341 g/mol. The van der Waals surface area contributed by atoms with Crippen LogP contribution in [0.15, 0.2) is 59.7 Å². The lowest BCUT2D eigenvalue weighted by Gasteiger charge is -2.08. The number of amides is 2. The first-order valence-corrected chi connectivity index (χ1v) is 7.55. The number of ether oxygens (including phenoxy) is 2. The van der Waals surface area contributed by atoms with Gasteiger partial charge in [-0.15, -0.1) is 0 Å². The van der Waals surface area contributed by atoms with Gasteiger partial charge in [-0.1, -0.05) is 18.2 Å². The van der Waals surface area contributed by atoms with E-state index in [1.807, 2.05) is 18.2 Å². The molecule has 2 rings (SSSR count). The van der Waals surface area contributed by atoms with Gasteiger partial charge in [0.15, 0.2) is 6.61 Å². The summed E-state index contributed by atoms with van der Waals surface area (Å²) in [7, 11) is 1.26. The molecule has 0 saturated heterocycles. The summed E-state index contributed by atoms with van der Waals surface area (Å²) < 4.78 is 9.89. The van der Waals surface area contributed by atoms with Gasteiger partial charge in [0.2, 0.25) is 0 Å². The van der Waals surface area contributed by atoms with E-state index < -0.39 is 6.09 Å². The van der Waals surface area contributed by atoms with Gasteiger partial charge in [-0.25, -0.2) is 10.2 Å². The first-order chi connectivity index (χ1) is 12.1. The van der Waals surface area contributed by atoms with Crippen LogP contribution in [-0.4, -0.2) is 31.4 Å². The van der Waals surface area contributed by atoms with Crippen LogP contribution in [0, 0.1) is 0 Å². The third-order valence-corrected chi connectivity index (χ3v) is 3.20. The second-order valence-electron chi connectivity index (χ2n) is 5.03. The van der Waals surface area contributed by atoms with E-state index >= 15 is 0 Å². The number of rotatable bonds is 6. The number of nitrogens with one attached hydrogen (secondary N) is 2. The second-order valence-corrected chi connectivity index (χ2v) is 5.03. The molecule has 2 aromatic rings. The highest BCUT2D eigenvalue weighted by molar-refractivity contribution is 5.99. The minimum absolute atomic E-state index is 0.0921. The summed E-state index contributed by atoms with van der Waals surface area (Å²) in [6.45, 7) is 1.66. The van der Waals surface area contributed by atoms with Gasteiger partial charge in [0.1, 0.15) is 5.75 Å². The van der Waals surface area contributed by atoms with Crippen molar-refractivity contribution >= 4 is 23.4 Å². The summed E-state index contributed by atoms with van der Waals surface area (Å²) in [5, 5.41) is 6.64. The van der Waals surface area contributed by atoms with Crippen molar-refractivity contribution in [3.63, 3.8) is 0 Å². The van der Waals surface area contributed by atoms with Crippen LogP contribution in [0.3, 0.4) is 0 Å². The molecule has 2 aromatic carbocycles. The van der Waals surface area contributed by atoms with Gasteiger partial charge in [0.25, 0.3) is 5.91 Å². The Balaban J connectivity index is 1.85. The number of hydrogen-bond donors (Lipinski definition) is 2. The largest absolute Gasteiger partial charge is 0.484 e. The van der Waals surface area contributed by atoms with Crippen LogP contribution in [0.25, 0.3) is 0 Å². The van der Waals surface area contributed by atoms with E-state index in [-0.39, 0.29) is 12.5 Å². The molecule has 0 spiro atoms. The van der Waals surface area contributed by atoms with E-state index in [2.05, 4.69) is 20.6 Å². The number of hydrazone groups is 1. The summed E-state index contributed by atoms with van der Waals surface area (Å²) in [4.78, 5) is 22.8. The predicted octanol–water partition coefficient (Wildman–Crippen LogP) is 2.78. The highest BCUT2D eigenvalue weighted by atomic mass is 16.5. The predicted molar refractivity (Wildman–Crippen MR) is 94.8 cm³/mol. The van der Waals surface area contributed by atoms with E-state index in [1.54, 1.807) is 43.3 Å². The standard InChI is InChI=1S/C18H19N3O4/c1-13(20-21-18(23)24-2)14-8-10-16(11-9-14)25-12-17(22)19-15-6-4-3-5-7-15/h3-11H,12H2,1-2H3,(H,19,22)(H,21,23)/b20-13-. The van der Waals surface area contributed by atoms with Crippen LogP contribution in [0.4, 0.5) is 10.5 Å². The molecule has 0 atom stereocenters. The Hall–Kier alpha value is -3.35. The number of hydrogen-bond acceptors (Lipinski definition) is 5. The van der Waals surface area contributed by atoms with Gasteiger partial charge in [-0.2, -0.15) is 5.10 Å². The molecule has 7 nitrogen and oxygen atoms in total. The molecule has 0 radical (unpaired) electrons. The third-order valence-electron chi connectivity index (χ3n) is 3.20. The molecule has 2 N–H and O–H groups in total. The van der Waals surface area contributed by atoms with E-state index in [0.29, 0.717) is 11.5 Å². The number of methoxy groups -OCH3 is 1. The Morgan fingerprint density at radius 1 is 1.04 bits per heavy atom. The molecule has 0 bridgehead atoms. The minimum atomic E-state index is -0.635. The van der Waals surface area contributed by atoms with Crippen molar-refractivity contribution in [2.24, 2.45) is 5.10 Å². The molecule has 0 aliphatic rings. The Labute approximate surface area is 145 Å². The molecule has 0 heterocycles. The number of anilines is 1. The quantitative estimate of drug-likeness (QED) is 0.624. The Bertz CT molecular complexity index is 743. The second kappa shape index (κ2) is 9.07. The van der Waals surface area contributed by atoms with Crippen LogP contribution < -0.4 is 15.5 Å². The van der Waals surface area contributed by atoms with Crippen molar-refractivity contribution in [1.82, 2.24) is 5.43 Å². The number of carbonyl (C=O) groups is 2. The molecule has 7 heteroatoms. The summed E-state index contributed by atoms with van der Waals surface area (Å²) in [5.74, 6) is 0.316. The van der Waals surface area contributed by atoms with Crippen molar-refractivity contribution in [2.75, 3.05) is 19.0 Å². The highest BCUT2D eigenvalue weighted by Gasteiger charge is 2.05.